The number of fused-ring (bicyclic) bond motifs is 2. The average molecular weight is 335 g/mol. The summed E-state index contributed by atoms with van der Waals surface area (Å²) in [5, 5.41) is 1.44. The maximum Gasteiger partial charge on any atom is 0.288 e. The Morgan fingerprint density at radius 2 is 1.82 bits per heavy atom. The number of nitrogens with zero attached hydrogens (tertiary/aromatic N) is 1. The van der Waals surface area contributed by atoms with E-state index in [-0.39, 0.29) is 5.75 Å². The van der Waals surface area contributed by atoms with Crippen molar-refractivity contribution < 1.29 is 12.7 Å². The lowest BCUT2D eigenvalue weighted by atomic mass is 10.2. The van der Waals surface area contributed by atoms with Crippen LogP contribution in [-0.2, 0) is 14.4 Å². The highest BCUT2D eigenvalue weighted by molar-refractivity contribution is 7.99. The zero-order valence-corrected chi connectivity index (χ0v) is 14.1. The highest BCUT2D eigenvalue weighted by Crippen LogP contribution is 2.49. The average Bonchev–Trinajstić information content (AvgIpc) is 2.48. The number of benzene rings is 2. The third-order valence-corrected chi connectivity index (χ3v) is 5.93. The standard InChI is InChI=1S/C16H17NO3S2/c1-3-11-22(18,19)20-17-13-8-4-5-10-15(13)21-16-12(2)7-6-9-14(16)17/h4-10H,3,11H2,1-2H3. The number of aryl methyl sites for hydroxylation is 1. The molecule has 4 nitrogen and oxygen atoms in total. The Morgan fingerprint density at radius 3 is 2.59 bits per heavy atom. The van der Waals surface area contributed by atoms with Gasteiger partial charge in [0.25, 0.3) is 10.1 Å². The van der Waals surface area contributed by atoms with Crippen LogP contribution in [0.2, 0.25) is 0 Å². The van der Waals surface area contributed by atoms with Gasteiger partial charge in [0.2, 0.25) is 0 Å². The van der Waals surface area contributed by atoms with Gasteiger partial charge in [0.05, 0.1) is 17.1 Å². The highest BCUT2D eigenvalue weighted by atomic mass is 32.2. The highest BCUT2D eigenvalue weighted by Gasteiger charge is 2.28. The molecule has 0 radical (unpaired) electrons. The van der Waals surface area contributed by atoms with Crippen molar-refractivity contribution in [2.75, 3.05) is 10.8 Å². The summed E-state index contributed by atoms with van der Waals surface area (Å²) in [4.78, 5) is 2.00. The molecule has 2 aromatic rings. The number of rotatable bonds is 4. The van der Waals surface area contributed by atoms with Gasteiger partial charge in [0.1, 0.15) is 0 Å². The van der Waals surface area contributed by atoms with E-state index >= 15 is 0 Å². The summed E-state index contributed by atoms with van der Waals surface area (Å²) >= 11 is 1.64. The number of anilines is 2. The largest absolute Gasteiger partial charge is 0.288 e. The normalized spacial score (nSPS) is 13.6. The molecule has 0 amide bonds. The van der Waals surface area contributed by atoms with Crippen molar-refractivity contribution in [3.05, 3.63) is 48.0 Å². The molecule has 0 atom stereocenters. The van der Waals surface area contributed by atoms with Crippen molar-refractivity contribution in [2.45, 2.75) is 30.1 Å². The Morgan fingerprint density at radius 1 is 1.09 bits per heavy atom. The van der Waals surface area contributed by atoms with E-state index in [2.05, 4.69) is 0 Å². The van der Waals surface area contributed by atoms with Crippen LogP contribution >= 0.6 is 11.8 Å². The second-order valence-electron chi connectivity index (χ2n) is 5.12. The molecule has 0 aromatic heterocycles. The topological polar surface area (TPSA) is 46.6 Å². The zero-order valence-electron chi connectivity index (χ0n) is 12.4. The zero-order chi connectivity index (χ0) is 15.7. The molecule has 6 heteroatoms. The summed E-state index contributed by atoms with van der Waals surface area (Å²) in [6.45, 7) is 3.83. The second kappa shape index (κ2) is 5.95. The number of para-hydroxylation sites is 1. The van der Waals surface area contributed by atoms with Gasteiger partial charge >= 0.3 is 0 Å². The molecule has 1 aliphatic heterocycles. The van der Waals surface area contributed by atoms with Gasteiger partial charge in [-0.15, -0.1) is 4.28 Å². The molecule has 0 saturated carbocycles. The predicted octanol–water partition coefficient (Wildman–Crippen LogP) is 4.27. The summed E-state index contributed by atoms with van der Waals surface area (Å²) in [7, 11) is -3.61. The lowest BCUT2D eigenvalue weighted by Gasteiger charge is -2.31. The van der Waals surface area contributed by atoms with Gasteiger partial charge in [0.15, 0.2) is 0 Å². The van der Waals surface area contributed by atoms with Crippen LogP contribution in [0.15, 0.2) is 52.3 Å². The van der Waals surface area contributed by atoms with Crippen molar-refractivity contribution in [1.29, 1.82) is 0 Å². The van der Waals surface area contributed by atoms with E-state index in [1.54, 1.807) is 11.8 Å². The minimum atomic E-state index is -3.61. The van der Waals surface area contributed by atoms with Crippen molar-refractivity contribution in [2.24, 2.45) is 0 Å². The molecule has 22 heavy (non-hydrogen) atoms. The Bertz CT molecular complexity index is 803. The third-order valence-electron chi connectivity index (χ3n) is 3.35. The molecule has 0 bridgehead atoms. The van der Waals surface area contributed by atoms with E-state index in [1.807, 2.05) is 56.3 Å². The molecule has 0 N–H and O–H groups in total. The van der Waals surface area contributed by atoms with Crippen LogP contribution in [0.4, 0.5) is 11.4 Å². The van der Waals surface area contributed by atoms with E-state index in [1.165, 1.54) is 5.06 Å². The fraction of sp³-hybridized carbons (Fsp3) is 0.250. The van der Waals surface area contributed by atoms with Crippen LogP contribution in [0.1, 0.15) is 18.9 Å². The van der Waals surface area contributed by atoms with Crippen LogP contribution in [0.3, 0.4) is 0 Å². The molecule has 0 fully saturated rings. The number of hydrogen-bond donors (Lipinski definition) is 0. The van der Waals surface area contributed by atoms with E-state index in [0.29, 0.717) is 6.42 Å². The van der Waals surface area contributed by atoms with Gasteiger partial charge in [-0.2, -0.15) is 8.42 Å². The van der Waals surface area contributed by atoms with E-state index < -0.39 is 10.1 Å². The Hall–Kier alpha value is -1.50. The maximum atomic E-state index is 12.1. The first-order chi connectivity index (χ1) is 10.5. The number of hydrogen-bond acceptors (Lipinski definition) is 5. The smallest absolute Gasteiger partial charge is 0.202 e. The summed E-state index contributed by atoms with van der Waals surface area (Å²) in [6, 6.07) is 13.5. The van der Waals surface area contributed by atoms with E-state index in [0.717, 1.165) is 26.7 Å². The maximum absolute atomic E-state index is 12.1. The van der Waals surface area contributed by atoms with Crippen molar-refractivity contribution in [1.82, 2.24) is 0 Å². The van der Waals surface area contributed by atoms with Gasteiger partial charge < -0.3 is 0 Å². The van der Waals surface area contributed by atoms with Crippen molar-refractivity contribution in [3.8, 4) is 0 Å². The summed E-state index contributed by atoms with van der Waals surface area (Å²) < 4.78 is 29.7. The first-order valence-electron chi connectivity index (χ1n) is 7.11. The quantitative estimate of drug-likeness (QED) is 0.835. The van der Waals surface area contributed by atoms with Gasteiger partial charge in [-0.25, -0.2) is 5.06 Å². The first kappa shape index (κ1) is 15.4. The second-order valence-corrected chi connectivity index (χ2v) is 7.85. The molecule has 0 unspecified atom stereocenters. The molecule has 1 aliphatic rings. The lowest BCUT2D eigenvalue weighted by molar-refractivity contribution is 0.319. The van der Waals surface area contributed by atoms with Crippen LogP contribution in [-0.4, -0.2) is 14.2 Å². The Labute approximate surface area is 135 Å². The minimum absolute atomic E-state index is 0.0000409. The summed E-state index contributed by atoms with van der Waals surface area (Å²) in [5.41, 5.74) is 2.62. The molecule has 2 aromatic carbocycles. The SMILES string of the molecule is CCCS(=O)(=O)ON1c2ccccc2Sc2c(C)cccc21. The molecule has 0 spiro atoms. The first-order valence-corrected chi connectivity index (χ1v) is 9.50. The molecular weight excluding hydrogens is 318 g/mol. The van der Waals surface area contributed by atoms with Crippen molar-refractivity contribution >= 4 is 33.3 Å². The lowest BCUT2D eigenvalue weighted by Crippen LogP contribution is -2.26. The predicted molar refractivity (Wildman–Crippen MR) is 89.0 cm³/mol. The van der Waals surface area contributed by atoms with Gasteiger partial charge in [-0.3, -0.25) is 0 Å². The third kappa shape index (κ3) is 2.86. The molecular formula is C16H17NO3S2. The molecule has 3 rings (SSSR count). The van der Waals surface area contributed by atoms with Gasteiger partial charge in [-0.1, -0.05) is 43.0 Å². The fourth-order valence-electron chi connectivity index (χ4n) is 2.36. The van der Waals surface area contributed by atoms with Gasteiger partial charge in [-0.05, 0) is 37.1 Å². The molecule has 0 saturated heterocycles. The molecule has 1 heterocycles. The van der Waals surface area contributed by atoms with E-state index in [9.17, 15) is 8.42 Å². The summed E-state index contributed by atoms with van der Waals surface area (Å²) in [6.07, 6.45) is 0.521. The van der Waals surface area contributed by atoms with Crippen LogP contribution in [0, 0.1) is 6.92 Å². The van der Waals surface area contributed by atoms with E-state index in [4.69, 9.17) is 4.28 Å². The Balaban J connectivity index is 2.11. The Kier molecular flexibility index (Phi) is 4.16. The van der Waals surface area contributed by atoms with Crippen LogP contribution in [0.5, 0.6) is 0 Å². The molecule has 0 aliphatic carbocycles. The van der Waals surface area contributed by atoms with Gasteiger partial charge in [0, 0.05) is 9.79 Å². The minimum Gasteiger partial charge on any atom is -0.202 e. The monoisotopic (exact) mass is 335 g/mol. The van der Waals surface area contributed by atoms with Crippen LogP contribution < -0.4 is 5.06 Å². The summed E-state index contributed by atoms with van der Waals surface area (Å²) in [5.74, 6) is -0.0000409. The van der Waals surface area contributed by atoms with Crippen molar-refractivity contribution in [3.63, 3.8) is 0 Å². The fourth-order valence-corrected chi connectivity index (χ4v) is 4.43. The van der Waals surface area contributed by atoms with Crippen LogP contribution in [0.25, 0.3) is 0 Å². The molecule has 116 valence electrons.